The average Bonchev–Trinajstić information content (AvgIpc) is 3.01. The second-order valence-corrected chi connectivity index (χ2v) is 6.27. The minimum Gasteiger partial charge on any atom is -0.481 e. The van der Waals surface area contributed by atoms with Gasteiger partial charge in [0.25, 0.3) is 0 Å². The lowest BCUT2D eigenvalue weighted by molar-refractivity contribution is -0.137. The number of carboxylic acids is 1. The molecule has 7 heteroatoms. The third kappa shape index (κ3) is 3.89. The number of aromatic nitrogens is 2. The van der Waals surface area contributed by atoms with Gasteiger partial charge in [-0.1, -0.05) is 48.5 Å². The summed E-state index contributed by atoms with van der Waals surface area (Å²) in [6, 6.07) is 15.5. The van der Waals surface area contributed by atoms with E-state index in [0.717, 1.165) is 22.4 Å². The lowest BCUT2D eigenvalue weighted by atomic mass is 10.0. The maximum Gasteiger partial charge on any atom is 0.305 e. The van der Waals surface area contributed by atoms with Crippen molar-refractivity contribution in [2.75, 3.05) is 0 Å². The molecule has 132 valence electrons. The Kier molecular flexibility index (Phi) is 4.99. The van der Waals surface area contributed by atoms with E-state index >= 15 is 0 Å². The molecule has 26 heavy (non-hydrogen) atoms. The van der Waals surface area contributed by atoms with E-state index in [2.05, 4.69) is 4.98 Å². The topological polar surface area (TPSA) is 108 Å². The van der Waals surface area contributed by atoms with Crippen LogP contribution in [0.15, 0.2) is 54.7 Å². The van der Waals surface area contributed by atoms with Gasteiger partial charge in [0, 0.05) is 18.3 Å². The number of imidazole rings is 1. The van der Waals surface area contributed by atoms with Crippen LogP contribution >= 0.6 is 12.2 Å². The van der Waals surface area contributed by atoms with Gasteiger partial charge in [0.1, 0.15) is 5.84 Å². The predicted octanol–water partition coefficient (Wildman–Crippen LogP) is 3.64. The van der Waals surface area contributed by atoms with Gasteiger partial charge < -0.3 is 20.4 Å². The van der Waals surface area contributed by atoms with Crippen molar-refractivity contribution in [1.82, 2.24) is 9.55 Å². The Morgan fingerprint density at radius 2 is 1.62 bits per heavy atom. The summed E-state index contributed by atoms with van der Waals surface area (Å²) in [5.41, 5.74) is 10.1. The highest BCUT2D eigenvalue weighted by Crippen LogP contribution is 2.24. The van der Waals surface area contributed by atoms with Gasteiger partial charge in [0.05, 0.1) is 12.1 Å². The lowest BCUT2D eigenvalue weighted by Gasteiger charge is -2.05. The molecule has 1 heterocycles. The summed E-state index contributed by atoms with van der Waals surface area (Å²) in [6.45, 7) is 0.339. The summed E-state index contributed by atoms with van der Waals surface area (Å²) in [6.07, 6.45) is 1.86. The number of aromatic amines is 1. The van der Waals surface area contributed by atoms with Crippen molar-refractivity contribution in [1.29, 1.82) is 5.41 Å². The Hall–Kier alpha value is -3.19. The normalized spacial score (nSPS) is 10.6. The molecule has 0 bridgehead atoms. The number of amidine groups is 1. The molecule has 0 saturated carbocycles. The molecule has 2 aromatic carbocycles. The maximum atomic E-state index is 10.7. The molecule has 0 spiro atoms. The summed E-state index contributed by atoms with van der Waals surface area (Å²) < 4.78 is 2.23. The molecule has 0 atom stereocenters. The number of carboxylic acid groups (broad SMARTS) is 1. The van der Waals surface area contributed by atoms with Crippen LogP contribution in [-0.4, -0.2) is 26.5 Å². The Balaban J connectivity index is 1.81. The molecule has 0 fully saturated rings. The first-order valence-electron chi connectivity index (χ1n) is 8.00. The lowest BCUT2D eigenvalue weighted by Crippen LogP contribution is -2.10. The highest BCUT2D eigenvalue weighted by Gasteiger charge is 2.06. The van der Waals surface area contributed by atoms with E-state index in [9.17, 15) is 4.79 Å². The molecular formula is C19H18N4O2S. The fourth-order valence-corrected chi connectivity index (χ4v) is 2.90. The SMILES string of the molecule is N=C(N)c1ccc(-c2ccc(-c3cn(CCC(=O)O)c(=S)[nH]3)cc2)cc1. The van der Waals surface area contributed by atoms with E-state index in [1.165, 1.54) is 0 Å². The second-order valence-electron chi connectivity index (χ2n) is 5.88. The minimum absolute atomic E-state index is 0.0286. The van der Waals surface area contributed by atoms with Gasteiger partial charge in [-0.3, -0.25) is 10.2 Å². The summed E-state index contributed by atoms with van der Waals surface area (Å²) in [4.78, 5) is 13.8. The number of aliphatic carboxylic acids is 1. The van der Waals surface area contributed by atoms with Crippen LogP contribution in [0, 0.1) is 10.2 Å². The number of nitrogens with one attached hydrogen (secondary N) is 2. The molecule has 0 aliphatic carbocycles. The van der Waals surface area contributed by atoms with E-state index in [0.29, 0.717) is 16.9 Å². The van der Waals surface area contributed by atoms with Crippen LogP contribution in [0.4, 0.5) is 0 Å². The zero-order chi connectivity index (χ0) is 18.7. The molecule has 5 N–H and O–H groups in total. The molecule has 0 aliphatic heterocycles. The third-order valence-corrected chi connectivity index (χ3v) is 4.42. The number of H-pyrrole nitrogens is 1. The van der Waals surface area contributed by atoms with Crippen LogP contribution in [0.5, 0.6) is 0 Å². The number of nitrogens with two attached hydrogens (primary N) is 1. The molecule has 0 unspecified atom stereocenters. The maximum absolute atomic E-state index is 10.7. The van der Waals surface area contributed by atoms with Gasteiger partial charge >= 0.3 is 5.97 Å². The first-order chi connectivity index (χ1) is 12.4. The fourth-order valence-electron chi connectivity index (χ4n) is 2.65. The monoisotopic (exact) mass is 366 g/mol. The van der Waals surface area contributed by atoms with Gasteiger partial charge in [0.15, 0.2) is 4.77 Å². The Labute approximate surface area is 155 Å². The molecule has 0 amide bonds. The molecule has 1 aromatic heterocycles. The number of benzene rings is 2. The van der Waals surface area contributed by atoms with Crippen molar-refractivity contribution in [3.05, 3.63) is 65.1 Å². The molecule has 0 radical (unpaired) electrons. The smallest absolute Gasteiger partial charge is 0.305 e. The second kappa shape index (κ2) is 7.37. The first-order valence-corrected chi connectivity index (χ1v) is 8.41. The Morgan fingerprint density at radius 1 is 1.08 bits per heavy atom. The molecule has 6 nitrogen and oxygen atoms in total. The number of rotatable bonds is 6. The van der Waals surface area contributed by atoms with Crippen LogP contribution in [0.3, 0.4) is 0 Å². The predicted molar refractivity (Wildman–Crippen MR) is 104 cm³/mol. The van der Waals surface area contributed by atoms with Gasteiger partial charge in [-0.05, 0) is 28.9 Å². The van der Waals surface area contributed by atoms with Crippen molar-refractivity contribution in [2.45, 2.75) is 13.0 Å². The van der Waals surface area contributed by atoms with Gasteiger partial charge in [0.2, 0.25) is 0 Å². The standard InChI is InChI=1S/C19H18N4O2S/c20-18(21)15-7-3-13(4-8-15)12-1-5-14(6-2-12)16-11-23(19(26)22-16)10-9-17(24)25/h1-8,11H,9-10H2,(H3,20,21)(H,22,26)(H,24,25). The van der Waals surface area contributed by atoms with Crippen molar-refractivity contribution in [3.63, 3.8) is 0 Å². The summed E-state index contributed by atoms with van der Waals surface area (Å²) in [5.74, 6) is -0.802. The highest BCUT2D eigenvalue weighted by atomic mass is 32.1. The number of aryl methyl sites for hydroxylation is 1. The minimum atomic E-state index is -0.852. The molecule has 0 aliphatic rings. The summed E-state index contributed by atoms with van der Waals surface area (Å²) in [7, 11) is 0. The quantitative estimate of drug-likeness (QED) is 0.303. The summed E-state index contributed by atoms with van der Waals surface area (Å²) in [5, 5.41) is 16.2. The highest BCUT2D eigenvalue weighted by molar-refractivity contribution is 7.71. The van der Waals surface area contributed by atoms with Gasteiger partial charge in [-0.2, -0.15) is 0 Å². The summed E-state index contributed by atoms with van der Waals surface area (Å²) >= 11 is 5.25. The van der Waals surface area contributed by atoms with Gasteiger partial charge in [-0.15, -0.1) is 0 Å². The van der Waals surface area contributed by atoms with Crippen LogP contribution in [-0.2, 0) is 11.3 Å². The largest absolute Gasteiger partial charge is 0.481 e. The number of carbonyl (C=O) groups is 1. The van der Waals surface area contributed by atoms with E-state index < -0.39 is 5.97 Å². The zero-order valence-electron chi connectivity index (χ0n) is 13.9. The van der Waals surface area contributed by atoms with E-state index in [-0.39, 0.29) is 12.3 Å². The average molecular weight is 366 g/mol. The number of hydrogen-bond acceptors (Lipinski definition) is 3. The number of nitrogen functional groups attached to an aromatic ring is 1. The van der Waals surface area contributed by atoms with E-state index in [4.69, 9.17) is 28.5 Å². The van der Waals surface area contributed by atoms with Crippen LogP contribution in [0.1, 0.15) is 12.0 Å². The zero-order valence-corrected chi connectivity index (χ0v) is 14.7. The Bertz CT molecular complexity index is 1000. The number of hydrogen-bond donors (Lipinski definition) is 4. The third-order valence-electron chi connectivity index (χ3n) is 4.08. The van der Waals surface area contributed by atoms with Crippen molar-refractivity contribution < 1.29 is 9.90 Å². The van der Waals surface area contributed by atoms with Crippen LogP contribution < -0.4 is 5.73 Å². The van der Waals surface area contributed by atoms with Crippen LogP contribution in [0.2, 0.25) is 0 Å². The van der Waals surface area contributed by atoms with Gasteiger partial charge in [-0.25, -0.2) is 0 Å². The van der Waals surface area contributed by atoms with E-state index in [1.807, 2.05) is 54.7 Å². The number of nitrogens with zero attached hydrogens (tertiary/aromatic N) is 1. The van der Waals surface area contributed by atoms with Crippen molar-refractivity contribution in [2.24, 2.45) is 5.73 Å². The molecular weight excluding hydrogens is 348 g/mol. The van der Waals surface area contributed by atoms with Crippen molar-refractivity contribution in [3.8, 4) is 22.4 Å². The van der Waals surface area contributed by atoms with E-state index in [1.54, 1.807) is 4.57 Å². The Morgan fingerprint density at radius 3 is 2.15 bits per heavy atom. The van der Waals surface area contributed by atoms with Crippen molar-refractivity contribution >= 4 is 24.0 Å². The van der Waals surface area contributed by atoms with Crippen LogP contribution in [0.25, 0.3) is 22.4 Å². The fraction of sp³-hybridized carbons (Fsp3) is 0.105. The first kappa shape index (κ1) is 17.6. The molecule has 3 aromatic rings. The molecule has 0 saturated heterocycles. The molecule has 3 rings (SSSR count).